The molecule has 1 atom stereocenters. The van der Waals surface area contributed by atoms with E-state index >= 15 is 0 Å². The second kappa shape index (κ2) is 7.70. The van der Waals surface area contributed by atoms with Gasteiger partial charge in [0.15, 0.2) is 0 Å². The fourth-order valence-corrected chi connectivity index (χ4v) is 3.18. The molecule has 0 aliphatic carbocycles. The molecular weight excluding hydrogens is 270 g/mol. The van der Waals surface area contributed by atoms with E-state index in [2.05, 4.69) is 6.92 Å². The maximum atomic E-state index is 12.4. The molecule has 1 unspecified atom stereocenters. The van der Waals surface area contributed by atoms with E-state index in [9.17, 15) is 9.90 Å². The van der Waals surface area contributed by atoms with Crippen molar-refractivity contribution in [2.45, 2.75) is 25.5 Å². The van der Waals surface area contributed by atoms with E-state index in [-0.39, 0.29) is 18.4 Å². The summed E-state index contributed by atoms with van der Waals surface area (Å²) in [5.74, 6) is 2.45. The number of piperidine rings is 1. The molecule has 110 valence electrons. The number of rotatable bonds is 5. The van der Waals surface area contributed by atoms with Gasteiger partial charge < -0.3 is 10.0 Å². The standard InChI is InChI=1S/C16H23NO2S/c1-2-20-12-13-5-7-15(8-6-13)16(19)17-9-3-4-14(10-17)11-18/h5-8,14,18H,2-4,9-12H2,1H3. The summed E-state index contributed by atoms with van der Waals surface area (Å²) in [7, 11) is 0. The van der Waals surface area contributed by atoms with E-state index in [0.29, 0.717) is 6.54 Å². The van der Waals surface area contributed by atoms with Gasteiger partial charge >= 0.3 is 0 Å². The Morgan fingerprint density at radius 1 is 1.40 bits per heavy atom. The van der Waals surface area contributed by atoms with Crippen LogP contribution in [0.3, 0.4) is 0 Å². The highest BCUT2D eigenvalue weighted by Crippen LogP contribution is 2.19. The van der Waals surface area contributed by atoms with Crippen LogP contribution >= 0.6 is 11.8 Å². The summed E-state index contributed by atoms with van der Waals surface area (Å²) in [5, 5.41) is 9.24. The Kier molecular flexibility index (Phi) is 5.92. The van der Waals surface area contributed by atoms with Crippen LogP contribution < -0.4 is 0 Å². The van der Waals surface area contributed by atoms with Crippen molar-refractivity contribution in [3.63, 3.8) is 0 Å². The number of aliphatic hydroxyl groups excluding tert-OH is 1. The molecule has 20 heavy (non-hydrogen) atoms. The number of hydrogen-bond donors (Lipinski definition) is 1. The van der Waals surface area contributed by atoms with Crippen molar-refractivity contribution in [2.24, 2.45) is 5.92 Å². The van der Waals surface area contributed by atoms with Gasteiger partial charge in [0.25, 0.3) is 5.91 Å². The molecule has 0 bridgehead atoms. The minimum Gasteiger partial charge on any atom is -0.396 e. The van der Waals surface area contributed by atoms with E-state index in [1.54, 1.807) is 0 Å². The fourth-order valence-electron chi connectivity index (χ4n) is 2.54. The Morgan fingerprint density at radius 3 is 2.80 bits per heavy atom. The normalized spacial score (nSPS) is 19.1. The second-order valence-corrected chi connectivity index (χ2v) is 6.55. The number of hydrogen-bond acceptors (Lipinski definition) is 3. The van der Waals surface area contributed by atoms with Crippen LogP contribution in [0.25, 0.3) is 0 Å². The van der Waals surface area contributed by atoms with Crippen molar-refractivity contribution in [1.82, 2.24) is 4.90 Å². The van der Waals surface area contributed by atoms with Gasteiger partial charge in [-0.1, -0.05) is 19.1 Å². The lowest BCUT2D eigenvalue weighted by Crippen LogP contribution is -2.40. The lowest BCUT2D eigenvalue weighted by molar-refractivity contribution is 0.0620. The van der Waals surface area contributed by atoms with Gasteiger partial charge in [-0.25, -0.2) is 0 Å². The smallest absolute Gasteiger partial charge is 0.253 e. The SMILES string of the molecule is CCSCc1ccc(C(=O)N2CCCC(CO)C2)cc1. The molecule has 1 aliphatic rings. The number of likely N-dealkylation sites (tertiary alicyclic amines) is 1. The lowest BCUT2D eigenvalue weighted by atomic mass is 9.98. The van der Waals surface area contributed by atoms with Gasteiger partial charge in [0.05, 0.1) is 0 Å². The molecule has 1 aliphatic heterocycles. The monoisotopic (exact) mass is 293 g/mol. The topological polar surface area (TPSA) is 40.5 Å². The third-order valence-electron chi connectivity index (χ3n) is 3.74. The average molecular weight is 293 g/mol. The van der Waals surface area contributed by atoms with Gasteiger partial charge in [-0.2, -0.15) is 11.8 Å². The molecule has 2 rings (SSSR count). The Balaban J connectivity index is 1.98. The van der Waals surface area contributed by atoms with Crippen LogP contribution in [-0.4, -0.2) is 41.4 Å². The largest absolute Gasteiger partial charge is 0.396 e. The van der Waals surface area contributed by atoms with Crippen molar-refractivity contribution in [3.05, 3.63) is 35.4 Å². The number of aliphatic hydroxyl groups is 1. The minimum absolute atomic E-state index is 0.0952. The number of carbonyl (C=O) groups excluding carboxylic acids is 1. The summed E-state index contributed by atoms with van der Waals surface area (Å²) in [6.45, 7) is 3.82. The summed E-state index contributed by atoms with van der Waals surface area (Å²) in [4.78, 5) is 14.3. The molecule has 1 fully saturated rings. The molecule has 3 nitrogen and oxygen atoms in total. The highest BCUT2D eigenvalue weighted by molar-refractivity contribution is 7.98. The predicted molar refractivity (Wildman–Crippen MR) is 84.0 cm³/mol. The van der Waals surface area contributed by atoms with Crippen LogP contribution in [0.1, 0.15) is 35.7 Å². The molecule has 1 N–H and O–H groups in total. The molecule has 1 amide bonds. The maximum absolute atomic E-state index is 12.4. The molecule has 4 heteroatoms. The Morgan fingerprint density at radius 2 is 2.15 bits per heavy atom. The van der Waals surface area contributed by atoms with E-state index in [1.165, 1.54) is 5.56 Å². The first-order valence-corrected chi connectivity index (χ1v) is 8.47. The summed E-state index contributed by atoms with van der Waals surface area (Å²) in [6.07, 6.45) is 2.01. The zero-order chi connectivity index (χ0) is 14.4. The van der Waals surface area contributed by atoms with Crippen LogP contribution in [0, 0.1) is 5.92 Å². The fraction of sp³-hybridized carbons (Fsp3) is 0.562. The van der Waals surface area contributed by atoms with Crippen molar-refractivity contribution >= 4 is 17.7 Å². The van der Waals surface area contributed by atoms with Crippen molar-refractivity contribution in [1.29, 1.82) is 0 Å². The lowest BCUT2D eigenvalue weighted by Gasteiger charge is -2.31. The molecule has 1 aromatic rings. The summed E-state index contributed by atoms with van der Waals surface area (Å²) >= 11 is 1.88. The number of amides is 1. The second-order valence-electron chi connectivity index (χ2n) is 5.28. The first kappa shape index (κ1) is 15.4. The first-order chi connectivity index (χ1) is 9.74. The highest BCUT2D eigenvalue weighted by atomic mass is 32.2. The number of benzene rings is 1. The average Bonchev–Trinajstić information content (AvgIpc) is 2.52. The summed E-state index contributed by atoms with van der Waals surface area (Å²) in [6, 6.07) is 7.94. The summed E-state index contributed by atoms with van der Waals surface area (Å²) < 4.78 is 0. The van der Waals surface area contributed by atoms with Crippen molar-refractivity contribution < 1.29 is 9.90 Å². The van der Waals surface area contributed by atoms with Gasteiger partial charge in [0.1, 0.15) is 0 Å². The van der Waals surface area contributed by atoms with Crippen LogP contribution in [0.15, 0.2) is 24.3 Å². The van der Waals surface area contributed by atoms with Crippen LogP contribution in [-0.2, 0) is 5.75 Å². The molecule has 0 radical (unpaired) electrons. The molecular formula is C16H23NO2S. The number of nitrogens with zero attached hydrogens (tertiary/aromatic N) is 1. The Labute approximate surface area is 125 Å². The van der Waals surface area contributed by atoms with Gasteiger partial charge in [-0.15, -0.1) is 0 Å². The number of carbonyl (C=O) groups is 1. The van der Waals surface area contributed by atoms with Gasteiger partial charge in [-0.3, -0.25) is 4.79 Å². The third-order valence-corrected chi connectivity index (χ3v) is 4.68. The first-order valence-electron chi connectivity index (χ1n) is 7.31. The zero-order valence-electron chi connectivity index (χ0n) is 12.0. The predicted octanol–water partition coefficient (Wildman–Crippen LogP) is 2.78. The molecule has 1 aromatic carbocycles. The van der Waals surface area contributed by atoms with E-state index < -0.39 is 0 Å². The van der Waals surface area contributed by atoms with Crippen LogP contribution in [0.2, 0.25) is 0 Å². The third kappa shape index (κ3) is 4.00. The van der Waals surface area contributed by atoms with Crippen LogP contribution in [0.4, 0.5) is 0 Å². The van der Waals surface area contributed by atoms with Gasteiger partial charge in [0, 0.05) is 31.0 Å². The minimum atomic E-state index is 0.0952. The molecule has 1 saturated heterocycles. The van der Waals surface area contributed by atoms with Gasteiger partial charge in [-0.05, 0) is 42.2 Å². The molecule has 0 spiro atoms. The van der Waals surface area contributed by atoms with Crippen LogP contribution in [0.5, 0.6) is 0 Å². The quantitative estimate of drug-likeness (QED) is 0.907. The Hall–Kier alpha value is -1.00. The molecule has 0 saturated carbocycles. The zero-order valence-corrected chi connectivity index (χ0v) is 12.9. The summed E-state index contributed by atoms with van der Waals surface area (Å²) in [5.41, 5.74) is 2.02. The number of thioether (sulfide) groups is 1. The van der Waals surface area contributed by atoms with E-state index in [4.69, 9.17) is 0 Å². The van der Waals surface area contributed by atoms with Crippen molar-refractivity contribution in [3.8, 4) is 0 Å². The van der Waals surface area contributed by atoms with Crippen molar-refractivity contribution in [2.75, 3.05) is 25.4 Å². The van der Waals surface area contributed by atoms with E-state index in [1.807, 2.05) is 40.9 Å². The molecule has 0 aromatic heterocycles. The van der Waals surface area contributed by atoms with Gasteiger partial charge in [0.2, 0.25) is 0 Å². The molecule has 1 heterocycles. The highest BCUT2D eigenvalue weighted by Gasteiger charge is 2.23. The Bertz CT molecular complexity index is 433. The maximum Gasteiger partial charge on any atom is 0.253 e. The van der Waals surface area contributed by atoms with E-state index in [0.717, 1.165) is 36.5 Å².